The average Bonchev–Trinajstić information content (AvgIpc) is 2.37. The number of para-hydroxylation sites is 1. The zero-order valence-corrected chi connectivity index (χ0v) is 12.8. The second-order valence-electron chi connectivity index (χ2n) is 5.27. The second kappa shape index (κ2) is 4.27. The molecule has 0 radical (unpaired) electrons. The molecule has 1 aliphatic rings. The third kappa shape index (κ3) is 2.01. The molecule has 0 amide bonds. The fourth-order valence-electron chi connectivity index (χ4n) is 2.18. The summed E-state index contributed by atoms with van der Waals surface area (Å²) in [6.07, 6.45) is 0. The van der Waals surface area contributed by atoms with Gasteiger partial charge in [-0.25, -0.2) is 8.42 Å². The summed E-state index contributed by atoms with van der Waals surface area (Å²) in [6, 6.07) is 11.8. The van der Waals surface area contributed by atoms with Crippen LogP contribution in [0.5, 0.6) is 11.5 Å². The SMILES string of the molecule is CC(C)(S)c1ccc2c(c1)S(=O)(=O)c1ccccc1O2. The van der Waals surface area contributed by atoms with Crippen molar-refractivity contribution in [3.63, 3.8) is 0 Å². The maximum Gasteiger partial charge on any atom is 0.213 e. The molecule has 0 saturated carbocycles. The molecule has 0 aromatic heterocycles. The van der Waals surface area contributed by atoms with Crippen LogP contribution in [-0.4, -0.2) is 8.42 Å². The summed E-state index contributed by atoms with van der Waals surface area (Å²) in [4.78, 5) is 0.414. The zero-order valence-electron chi connectivity index (χ0n) is 11.1. The van der Waals surface area contributed by atoms with Crippen molar-refractivity contribution in [1.29, 1.82) is 0 Å². The molecule has 0 saturated heterocycles. The molecule has 0 N–H and O–H groups in total. The van der Waals surface area contributed by atoms with Crippen molar-refractivity contribution in [2.45, 2.75) is 28.4 Å². The van der Waals surface area contributed by atoms with Gasteiger partial charge in [0.25, 0.3) is 0 Å². The second-order valence-corrected chi connectivity index (χ2v) is 8.28. The normalized spacial score (nSPS) is 15.9. The van der Waals surface area contributed by atoms with E-state index in [9.17, 15) is 8.42 Å². The predicted octanol–water partition coefficient (Wildman–Crippen LogP) is 3.79. The third-order valence-electron chi connectivity index (χ3n) is 3.30. The summed E-state index contributed by atoms with van der Waals surface area (Å²) in [6.45, 7) is 3.84. The van der Waals surface area contributed by atoms with Gasteiger partial charge in [-0.05, 0) is 43.7 Å². The van der Waals surface area contributed by atoms with Crippen molar-refractivity contribution in [3.8, 4) is 11.5 Å². The Bertz CT molecular complexity index is 787. The standard InChI is InChI=1S/C15H14O3S2/c1-15(2,19)10-7-8-12-14(9-10)20(16,17)13-6-4-3-5-11(13)18-12/h3-9,19H,1-2H3. The van der Waals surface area contributed by atoms with Gasteiger partial charge in [0, 0.05) is 4.75 Å². The van der Waals surface area contributed by atoms with Crippen LogP contribution in [0, 0.1) is 0 Å². The van der Waals surface area contributed by atoms with Crippen LogP contribution in [0.1, 0.15) is 19.4 Å². The Balaban J connectivity index is 2.26. The van der Waals surface area contributed by atoms with E-state index in [1.807, 2.05) is 19.9 Å². The van der Waals surface area contributed by atoms with Crippen molar-refractivity contribution in [1.82, 2.24) is 0 Å². The first-order valence-corrected chi connectivity index (χ1v) is 8.12. The van der Waals surface area contributed by atoms with E-state index >= 15 is 0 Å². The molecule has 0 fully saturated rings. The molecule has 0 bridgehead atoms. The molecule has 20 heavy (non-hydrogen) atoms. The van der Waals surface area contributed by atoms with Gasteiger partial charge in [0.1, 0.15) is 21.3 Å². The van der Waals surface area contributed by atoms with Gasteiger partial charge in [-0.2, -0.15) is 12.6 Å². The summed E-state index contributed by atoms with van der Waals surface area (Å²) in [5.41, 5.74) is 0.839. The lowest BCUT2D eigenvalue weighted by Crippen LogP contribution is -2.14. The highest BCUT2D eigenvalue weighted by Crippen LogP contribution is 2.44. The van der Waals surface area contributed by atoms with E-state index in [1.54, 1.807) is 36.4 Å². The zero-order chi connectivity index (χ0) is 14.5. The third-order valence-corrected chi connectivity index (χ3v) is 5.37. The number of ether oxygens (including phenoxy) is 1. The van der Waals surface area contributed by atoms with Gasteiger partial charge in [-0.3, -0.25) is 0 Å². The summed E-state index contributed by atoms with van der Waals surface area (Å²) < 4.78 is 30.6. The van der Waals surface area contributed by atoms with Crippen LogP contribution in [0.4, 0.5) is 0 Å². The van der Waals surface area contributed by atoms with Crippen LogP contribution in [0.3, 0.4) is 0 Å². The number of fused-ring (bicyclic) bond motifs is 2. The van der Waals surface area contributed by atoms with Gasteiger partial charge in [0.05, 0.1) is 0 Å². The van der Waals surface area contributed by atoms with Crippen molar-refractivity contribution in [2.75, 3.05) is 0 Å². The van der Waals surface area contributed by atoms with Crippen molar-refractivity contribution in [3.05, 3.63) is 48.0 Å². The maximum absolute atomic E-state index is 12.7. The molecule has 3 rings (SSSR count). The molecular weight excluding hydrogens is 292 g/mol. The van der Waals surface area contributed by atoms with Crippen LogP contribution in [0.15, 0.2) is 52.3 Å². The van der Waals surface area contributed by atoms with Crippen molar-refractivity contribution in [2.24, 2.45) is 0 Å². The Morgan fingerprint density at radius 1 is 1.00 bits per heavy atom. The summed E-state index contributed by atoms with van der Waals surface area (Å²) in [5.74, 6) is 0.739. The topological polar surface area (TPSA) is 43.4 Å². The van der Waals surface area contributed by atoms with E-state index < -0.39 is 14.6 Å². The average molecular weight is 306 g/mol. The Morgan fingerprint density at radius 3 is 2.35 bits per heavy atom. The Hall–Kier alpha value is -1.46. The number of rotatable bonds is 1. The molecule has 2 aromatic carbocycles. The van der Waals surface area contributed by atoms with Crippen molar-refractivity contribution >= 4 is 22.5 Å². The Kier molecular flexibility index (Phi) is 2.88. The highest BCUT2D eigenvalue weighted by Gasteiger charge is 2.32. The quantitative estimate of drug-likeness (QED) is 0.696. The monoisotopic (exact) mass is 306 g/mol. The number of hydrogen-bond donors (Lipinski definition) is 1. The van der Waals surface area contributed by atoms with E-state index in [0.717, 1.165) is 5.56 Å². The lowest BCUT2D eigenvalue weighted by molar-refractivity contribution is 0.442. The van der Waals surface area contributed by atoms with E-state index in [2.05, 4.69) is 12.6 Å². The number of hydrogen-bond acceptors (Lipinski definition) is 4. The Morgan fingerprint density at radius 2 is 1.65 bits per heavy atom. The predicted molar refractivity (Wildman–Crippen MR) is 80.4 cm³/mol. The van der Waals surface area contributed by atoms with Crippen LogP contribution in [-0.2, 0) is 14.6 Å². The molecule has 0 spiro atoms. The van der Waals surface area contributed by atoms with Crippen LogP contribution >= 0.6 is 12.6 Å². The van der Waals surface area contributed by atoms with Gasteiger partial charge in [-0.1, -0.05) is 18.2 Å². The summed E-state index contributed by atoms with van der Waals surface area (Å²) in [7, 11) is -3.54. The fourth-order valence-corrected chi connectivity index (χ4v) is 3.84. The molecular formula is C15H14O3S2. The minimum Gasteiger partial charge on any atom is -0.455 e. The molecule has 0 atom stereocenters. The number of thiol groups is 1. The number of benzene rings is 2. The lowest BCUT2D eigenvalue weighted by Gasteiger charge is -2.24. The van der Waals surface area contributed by atoms with E-state index in [1.165, 1.54) is 0 Å². The van der Waals surface area contributed by atoms with Gasteiger partial charge >= 0.3 is 0 Å². The van der Waals surface area contributed by atoms with Gasteiger partial charge in [0.2, 0.25) is 9.84 Å². The van der Waals surface area contributed by atoms with Crippen LogP contribution in [0.25, 0.3) is 0 Å². The lowest BCUT2D eigenvalue weighted by atomic mass is 10.0. The fraction of sp³-hybridized carbons (Fsp3) is 0.200. The summed E-state index contributed by atoms with van der Waals surface area (Å²) >= 11 is 4.49. The number of sulfone groups is 1. The van der Waals surface area contributed by atoms with Gasteiger partial charge < -0.3 is 4.74 Å². The largest absolute Gasteiger partial charge is 0.455 e. The molecule has 5 heteroatoms. The van der Waals surface area contributed by atoms with E-state index in [0.29, 0.717) is 11.5 Å². The minimum absolute atomic E-state index is 0.204. The molecule has 104 valence electrons. The first-order valence-electron chi connectivity index (χ1n) is 6.19. The molecule has 0 unspecified atom stereocenters. The van der Waals surface area contributed by atoms with Crippen LogP contribution in [0.2, 0.25) is 0 Å². The van der Waals surface area contributed by atoms with Crippen molar-refractivity contribution < 1.29 is 13.2 Å². The molecule has 1 aliphatic heterocycles. The maximum atomic E-state index is 12.7. The first kappa shape index (κ1) is 13.5. The molecule has 0 aliphatic carbocycles. The molecule has 2 aromatic rings. The van der Waals surface area contributed by atoms with Gasteiger partial charge in [-0.15, -0.1) is 0 Å². The molecule has 3 nitrogen and oxygen atoms in total. The highest BCUT2D eigenvalue weighted by atomic mass is 32.2. The highest BCUT2D eigenvalue weighted by molar-refractivity contribution is 7.91. The molecule has 1 heterocycles. The van der Waals surface area contributed by atoms with Gasteiger partial charge in [0.15, 0.2) is 0 Å². The summed E-state index contributed by atoms with van der Waals surface area (Å²) in [5, 5.41) is 0. The first-order chi connectivity index (χ1) is 9.30. The van der Waals surface area contributed by atoms with E-state index in [4.69, 9.17) is 4.74 Å². The van der Waals surface area contributed by atoms with Crippen LogP contribution < -0.4 is 4.74 Å². The smallest absolute Gasteiger partial charge is 0.213 e. The van der Waals surface area contributed by atoms with E-state index in [-0.39, 0.29) is 9.79 Å². The Labute approximate surface area is 123 Å². The minimum atomic E-state index is -3.54.